The average molecular weight is 192 g/mol. The highest BCUT2D eigenvalue weighted by Gasteiger charge is 2.43. The van der Waals surface area contributed by atoms with Crippen LogP contribution in [0, 0.1) is 4.91 Å². The van der Waals surface area contributed by atoms with Gasteiger partial charge in [0, 0.05) is 0 Å². The van der Waals surface area contributed by atoms with Gasteiger partial charge in [-0.1, -0.05) is 5.18 Å². The third-order valence-electron chi connectivity index (χ3n) is 2.07. The smallest absolute Gasteiger partial charge is 0.172 e. The van der Waals surface area contributed by atoms with Crippen LogP contribution in [-0.4, -0.2) is 52.5 Å². The molecular formula is C6H12N2O5. The molecule has 0 radical (unpaired) electrons. The minimum Gasteiger partial charge on any atom is -0.394 e. The highest BCUT2D eigenvalue weighted by molar-refractivity contribution is 4.95. The molecule has 0 aromatic carbocycles. The Balaban J connectivity index is 2.74. The molecule has 1 rings (SSSR count). The quantitative estimate of drug-likeness (QED) is 0.359. The van der Waals surface area contributed by atoms with E-state index in [9.17, 15) is 10.0 Å². The van der Waals surface area contributed by atoms with Crippen LogP contribution in [0.1, 0.15) is 0 Å². The molecule has 0 aromatic heterocycles. The van der Waals surface area contributed by atoms with Crippen molar-refractivity contribution in [2.24, 2.45) is 10.9 Å². The number of aliphatic hydroxyl groups excluding tert-OH is 3. The Labute approximate surface area is 74.1 Å². The zero-order chi connectivity index (χ0) is 10.0. The lowest BCUT2D eigenvalue weighted by Gasteiger charge is -2.37. The van der Waals surface area contributed by atoms with Gasteiger partial charge in [-0.05, 0) is 0 Å². The van der Waals surface area contributed by atoms with Gasteiger partial charge in [-0.2, -0.15) is 4.91 Å². The Bertz CT molecular complexity index is 188. The van der Waals surface area contributed by atoms with Crippen molar-refractivity contribution in [3.63, 3.8) is 0 Å². The SMILES string of the molecule is NC1C(O)OC(CO)C(N=O)C1O. The van der Waals surface area contributed by atoms with Crippen LogP contribution >= 0.6 is 0 Å². The predicted molar refractivity (Wildman–Crippen MR) is 41.5 cm³/mol. The van der Waals surface area contributed by atoms with E-state index in [-0.39, 0.29) is 0 Å². The molecule has 7 heteroatoms. The van der Waals surface area contributed by atoms with Crippen LogP contribution in [0.3, 0.4) is 0 Å². The second-order valence-corrected chi connectivity index (χ2v) is 2.91. The van der Waals surface area contributed by atoms with Crippen molar-refractivity contribution in [3.05, 3.63) is 4.91 Å². The summed E-state index contributed by atoms with van der Waals surface area (Å²) in [6.45, 7) is -0.503. The second kappa shape index (κ2) is 4.07. The van der Waals surface area contributed by atoms with E-state index in [0.29, 0.717) is 0 Å². The summed E-state index contributed by atoms with van der Waals surface area (Å²) in [7, 11) is 0. The van der Waals surface area contributed by atoms with Crippen molar-refractivity contribution in [1.29, 1.82) is 0 Å². The topological polar surface area (TPSA) is 125 Å². The maximum absolute atomic E-state index is 10.3. The van der Waals surface area contributed by atoms with Gasteiger partial charge < -0.3 is 25.8 Å². The van der Waals surface area contributed by atoms with Gasteiger partial charge in [0.05, 0.1) is 12.6 Å². The van der Waals surface area contributed by atoms with Crippen molar-refractivity contribution in [2.75, 3.05) is 6.61 Å². The molecule has 76 valence electrons. The predicted octanol–water partition coefficient (Wildman–Crippen LogP) is -2.48. The summed E-state index contributed by atoms with van der Waals surface area (Å²) >= 11 is 0. The Kier molecular flexibility index (Phi) is 3.28. The first-order valence-electron chi connectivity index (χ1n) is 3.82. The van der Waals surface area contributed by atoms with Gasteiger partial charge in [-0.15, -0.1) is 0 Å². The molecule has 0 aliphatic carbocycles. The Morgan fingerprint density at radius 1 is 1.46 bits per heavy atom. The highest BCUT2D eigenvalue weighted by Crippen LogP contribution is 2.20. The number of hydrogen-bond acceptors (Lipinski definition) is 7. The summed E-state index contributed by atoms with van der Waals surface area (Å²) in [6.07, 6.45) is -3.68. The number of rotatable bonds is 2. The van der Waals surface area contributed by atoms with Gasteiger partial charge in [0.15, 0.2) is 6.29 Å². The molecule has 1 saturated heterocycles. The van der Waals surface area contributed by atoms with Crippen LogP contribution in [0.4, 0.5) is 0 Å². The molecule has 0 amide bonds. The fourth-order valence-corrected chi connectivity index (χ4v) is 1.25. The van der Waals surface area contributed by atoms with Gasteiger partial charge in [-0.25, -0.2) is 0 Å². The molecule has 0 spiro atoms. The van der Waals surface area contributed by atoms with Gasteiger partial charge in [0.25, 0.3) is 0 Å². The summed E-state index contributed by atoms with van der Waals surface area (Å²) in [5, 5.41) is 29.8. The summed E-state index contributed by atoms with van der Waals surface area (Å²) in [5.41, 5.74) is 5.30. The van der Waals surface area contributed by atoms with Gasteiger partial charge >= 0.3 is 0 Å². The van der Waals surface area contributed by atoms with E-state index in [1.165, 1.54) is 0 Å². The standard InChI is InChI=1S/C6H12N2O5/c7-3-5(10)4(8-12)2(1-9)13-6(3)11/h2-6,9-11H,1,7H2. The monoisotopic (exact) mass is 192 g/mol. The van der Waals surface area contributed by atoms with E-state index in [4.69, 9.17) is 20.7 Å². The van der Waals surface area contributed by atoms with Crippen molar-refractivity contribution >= 4 is 0 Å². The molecular weight excluding hydrogens is 180 g/mol. The molecule has 0 aromatic rings. The van der Waals surface area contributed by atoms with E-state index < -0.39 is 37.2 Å². The number of hydrogen-bond donors (Lipinski definition) is 4. The van der Waals surface area contributed by atoms with E-state index in [1.54, 1.807) is 0 Å². The van der Waals surface area contributed by atoms with Crippen LogP contribution in [0.15, 0.2) is 5.18 Å². The maximum Gasteiger partial charge on any atom is 0.172 e. The second-order valence-electron chi connectivity index (χ2n) is 2.91. The Morgan fingerprint density at radius 3 is 2.54 bits per heavy atom. The van der Waals surface area contributed by atoms with Crippen LogP contribution in [-0.2, 0) is 4.74 Å². The van der Waals surface area contributed by atoms with E-state index in [0.717, 1.165) is 0 Å². The molecule has 1 aliphatic rings. The molecule has 0 saturated carbocycles. The zero-order valence-electron chi connectivity index (χ0n) is 6.78. The van der Waals surface area contributed by atoms with Crippen LogP contribution in [0.2, 0.25) is 0 Å². The van der Waals surface area contributed by atoms with Gasteiger partial charge in [0.2, 0.25) is 0 Å². The molecule has 13 heavy (non-hydrogen) atoms. The fourth-order valence-electron chi connectivity index (χ4n) is 1.25. The maximum atomic E-state index is 10.3. The molecule has 1 aliphatic heterocycles. The lowest BCUT2D eigenvalue weighted by atomic mass is 9.96. The molecule has 5 N–H and O–H groups in total. The molecule has 1 heterocycles. The highest BCUT2D eigenvalue weighted by atomic mass is 16.6. The average Bonchev–Trinajstić information content (AvgIpc) is 2.13. The minimum atomic E-state index is -1.38. The number of aliphatic hydroxyl groups is 3. The van der Waals surface area contributed by atoms with Crippen molar-refractivity contribution in [2.45, 2.75) is 30.6 Å². The lowest BCUT2D eigenvalue weighted by Crippen LogP contribution is -2.61. The summed E-state index contributed by atoms with van der Waals surface area (Å²) < 4.78 is 4.75. The first kappa shape index (κ1) is 10.5. The first-order chi connectivity index (χ1) is 6.11. The van der Waals surface area contributed by atoms with Crippen molar-refractivity contribution < 1.29 is 20.1 Å². The first-order valence-corrected chi connectivity index (χ1v) is 3.82. The van der Waals surface area contributed by atoms with Gasteiger partial charge in [-0.3, -0.25) is 0 Å². The third kappa shape index (κ3) is 1.84. The Hall–Kier alpha value is -0.600. The lowest BCUT2D eigenvalue weighted by molar-refractivity contribution is -0.215. The van der Waals surface area contributed by atoms with Crippen LogP contribution < -0.4 is 5.73 Å². The van der Waals surface area contributed by atoms with Crippen LogP contribution in [0.25, 0.3) is 0 Å². The number of ether oxygens (including phenoxy) is 1. The van der Waals surface area contributed by atoms with E-state index in [2.05, 4.69) is 5.18 Å². The summed E-state index contributed by atoms with van der Waals surface area (Å²) in [6, 6.07) is -2.21. The number of nitroso groups, excluding NO2 is 1. The van der Waals surface area contributed by atoms with Crippen molar-refractivity contribution in [3.8, 4) is 0 Å². The molecule has 5 unspecified atom stereocenters. The molecule has 7 nitrogen and oxygen atoms in total. The number of nitrogens with two attached hydrogens (primary N) is 1. The molecule has 0 bridgehead atoms. The molecule has 5 atom stereocenters. The molecule has 1 fully saturated rings. The third-order valence-corrected chi connectivity index (χ3v) is 2.07. The minimum absolute atomic E-state index is 0.503. The fraction of sp³-hybridized carbons (Fsp3) is 1.00. The number of nitrogens with zero attached hydrogens (tertiary/aromatic N) is 1. The van der Waals surface area contributed by atoms with E-state index >= 15 is 0 Å². The largest absolute Gasteiger partial charge is 0.394 e. The summed E-state index contributed by atoms with van der Waals surface area (Å²) in [4.78, 5) is 10.3. The zero-order valence-corrected chi connectivity index (χ0v) is 6.78. The van der Waals surface area contributed by atoms with Gasteiger partial charge in [0.1, 0.15) is 18.2 Å². The van der Waals surface area contributed by atoms with Crippen LogP contribution in [0.5, 0.6) is 0 Å². The normalized spacial score (nSPS) is 46.0. The van der Waals surface area contributed by atoms with Crippen molar-refractivity contribution in [1.82, 2.24) is 0 Å². The summed E-state index contributed by atoms with van der Waals surface area (Å²) in [5.74, 6) is 0. The Morgan fingerprint density at radius 2 is 2.08 bits per heavy atom. The van der Waals surface area contributed by atoms with E-state index in [1.807, 2.05) is 0 Å².